The van der Waals surface area contributed by atoms with Crippen molar-refractivity contribution in [2.75, 3.05) is 45.9 Å². The van der Waals surface area contributed by atoms with Crippen LogP contribution >= 0.6 is 0 Å². The molecule has 0 bridgehead atoms. The van der Waals surface area contributed by atoms with Gasteiger partial charge in [0.1, 0.15) is 11.6 Å². The van der Waals surface area contributed by atoms with Crippen molar-refractivity contribution in [3.63, 3.8) is 0 Å². The van der Waals surface area contributed by atoms with Gasteiger partial charge in [-0.25, -0.2) is 0 Å². The molecule has 6 heteroatoms. The van der Waals surface area contributed by atoms with Gasteiger partial charge in [-0.05, 0) is 48.7 Å². The molecular weight excluding hydrogens is 438 g/mol. The number of carbonyl (C=O) groups is 1. The van der Waals surface area contributed by atoms with Crippen molar-refractivity contribution in [3.8, 4) is 6.07 Å². The Bertz CT molecular complexity index is 964. The minimum absolute atomic E-state index is 0.128. The van der Waals surface area contributed by atoms with Gasteiger partial charge in [0.2, 0.25) is 0 Å². The van der Waals surface area contributed by atoms with E-state index in [1.807, 2.05) is 11.0 Å². The number of ether oxygens (including phenoxy) is 1. The second-order valence-corrected chi connectivity index (χ2v) is 11.0. The number of aryl methyl sites for hydroxylation is 1. The third-order valence-electron chi connectivity index (χ3n) is 6.80. The molecule has 0 radical (unpaired) electrons. The molecule has 2 atom stereocenters. The number of likely N-dealkylation sites (tertiary alicyclic amines) is 1. The van der Waals surface area contributed by atoms with Crippen molar-refractivity contribution < 1.29 is 14.6 Å². The summed E-state index contributed by atoms with van der Waals surface area (Å²) in [6, 6.07) is 10.8. The fourth-order valence-corrected chi connectivity index (χ4v) is 4.97. The minimum Gasteiger partial charge on any atom is -0.516 e. The van der Waals surface area contributed by atoms with Crippen LogP contribution in [-0.4, -0.2) is 66.8 Å². The SMILES string of the molecule is Cc1cccc(C2CC(C)CN(C(=O)/C(C#N)=C/C(C)(C)CN3CCOCC3)C2)c1.OC=C1CC1. The summed E-state index contributed by atoms with van der Waals surface area (Å²) in [7, 11) is 0. The van der Waals surface area contributed by atoms with E-state index in [-0.39, 0.29) is 16.9 Å². The van der Waals surface area contributed by atoms with Crippen molar-refractivity contribution >= 4 is 5.91 Å². The Hall–Kier alpha value is -2.62. The molecule has 0 spiro atoms. The fraction of sp³-hybridized carbons (Fsp3) is 0.586. The predicted molar refractivity (Wildman–Crippen MR) is 139 cm³/mol. The van der Waals surface area contributed by atoms with E-state index in [2.05, 4.69) is 62.9 Å². The summed E-state index contributed by atoms with van der Waals surface area (Å²) in [6.45, 7) is 14.0. The first-order valence-corrected chi connectivity index (χ1v) is 12.8. The number of carbonyl (C=O) groups excluding carboxylic acids is 1. The summed E-state index contributed by atoms with van der Waals surface area (Å²) in [5, 5.41) is 17.8. The number of amides is 1. The summed E-state index contributed by atoms with van der Waals surface area (Å²) in [6.07, 6.45) is 6.39. The second-order valence-electron chi connectivity index (χ2n) is 11.0. The summed E-state index contributed by atoms with van der Waals surface area (Å²) >= 11 is 0. The number of allylic oxidation sites excluding steroid dienone is 1. The maximum atomic E-state index is 13.3. The van der Waals surface area contributed by atoms with Gasteiger partial charge >= 0.3 is 0 Å². The van der Waals surface area contributed by atoms with Crippen LogP contribution in [0.4, 0.5) is 0 Å². The highest BCUT2D eigenvalue weighted by atomic mass is 16.5. The molecule has 2 heterocycles. The Morgan fingerprint density at radius 3 is 2.54 bits per heavy atom. The average Bonchev–Trinajstić information content (AvgIpc) is 3.67. The third-order valence-corrected chi connectivity index (χ3v) is 6.80. The Kier molecular flexibility index (Phi) is 9.54. The van der Waals surface area contributed by atoms with E-state index in [9.17, 15) is 10.1 Å². The molecule has 1 amide bonds. The number of piperidine rings is 1. The number of nitriles is 1. The largest absolute Gasteiger partial charge is 0.516 e. The summed E-state index contributed by atoms with van der Waals surface area (Å²) in [5.74, 6) is 0.602. The van der Waals surface area contributed by atoms with E-state index in [0.29, 0.717) is 24.9 Å². The number of rotatable bonds is 5. The molecule has 2 aliphatic heterocycles. The van der Waals surface area contributed by atoms with E-state index in [4.69, 9.17) is 9.84 Å². The van der Waals surface area contributed by atoms with Gasteiger partial charge in [-0.3, -0.25) is 9.69 Å². The molecule has 1 aromatic rings. The normalized spacial score (nSPS) is 23.1. The lowest BCUT2D eigenvalue weighted by atomic mass is 9.84. The predicted octanol–water partition coefficient (Wildman–Crippen LogP) is 4.98. The van der Waals surface area contributed by atoms with E-state index < -0.39 is 0 Å². The molecule has 2 saturated heterocycles. The number of aliphatic hydroxyl groups is 1. The highest BCUT2D eigenvalue weighted by molar-refractivity contribution is 5.97. The maximum Gasteiger partial charge on any atom is 0.264 e. The molecule has 1 saturated carbocycles. The third kappa shape index (κ3) is 8.52. The zero-order valence-electron chi connectivity index (χ0n) is 21.8. The van der Waals surface area contributed by atoms with Crippen LogP contribution in [0.5, 0.6) is 0 Å². The molecule has 1 N–H and O–H groups in total. The van der Waals surface area contributed by atoms with Crippen LogP contribution in [0.2, 0.25) is 0 Å². The lowest BCUT2D eigenvalue weighted by Crippen LogP contribution is -2.44. The van der Waals surface area contributed by atoms with Gasteiger partial charge in [0, 0.05) is 38.6 Å². The second kappa shape index (κ2) is 12.4. The molecule has 3 fully saturated rings. The zero-order valence-corrected chi connectivity index (χ0v) is 21.8. The molecule has 35 heavy (non-hydrogen) atoms. The summed E-state index contributed by atoms with van der Waals surface area (Å²) < 4.78 is 5.43. The van der Waals surface area contributed by atoms with E-state index in [1.54, 1.807) is 0 Å². The molecule has 1 aliphatic carbocycles. The Labute approximate surface area is 210 Å². The van der Waals surface area contributed by atoms with Crippen LogP contribution < -0.4 is 0 Å². The fourth-order valence-electron chi connectivity index (χ4n) is 4.97. The van der Waals surface area contributed by atoms with Crippen LogP contribution in [0.25, 0.3) is 0 Å². The first-order chi connectivity index (χ1) is 16.7. The van der Waals surface area contributed by atoms with E-state index in [1.165, 1.54) is 23.0 Å². The van der Waals surface area contributed by atoms with E-state index >= 15 is 0 Å². The van der Waals surface area contributed by atoms with Crippen LogP contribution in [0.3, 0.4) is 0 Å². The van der Waals surface area contributed by atoms with Gasteiger partial charge in [0.25, 0.3) is 5.91 Å². The molecule has 2 unspecified atom stereocenters. The Morgan fingerprint density at radius 1 is 1.26 bits per heavy atom. The smallest absolute Gasteiger partial charge is 0.264 e. The quantitative estimate of drug-likeness (QED) is 0.366. The van der Waals surface area contributed by atoms with Gasteiger partial charge in [0.15, 0.2) is 0 Å². The molecule has 4 rings (SSSR count). The Balaban J connectivity index is 0.000000607. The highest BCUT2D eigenvalue weighted by Crippen LogP contribution is 2.32. The summed E-state index contributed by atoms with van der Waals surface area (Å²) in [4.78, 5) is 17.5. The standard InChI is InChI=1S/C25H35N3O2.C4H6O/c1-19-6-5-7-21(12-19)22-13-20(2)16-28(17-22)24(29)23(15-26)14-25(3,4)18-27-8-10-30-11-9-27;5-3-4-1-2-4/h5-7,12,14,20,22H,8-11,13,16-18H2,1-4H3;3,5H,1-2H2/b23-14+;. The monoisotopic (exact) mass is 479 g/mol. The van der Waals surface area contributed by atoms with Crippen LogP contribution in [0.1, 0.15) is 57.1 Å². The molecule has 3 aliphatic rings. The van der Waals surface area contributed by atoms with Crippen LogP contribution in [0.15, 0.2) is 47.7 Å². The van der Waals surface area contributed by atoms with Crippen LogP contribution in [0, 0.1) is 29.6 Å². The number of morpholine rings is 1. The molecule has 6 nitrogen and oxygen atoms in total. The lowest BCUT2D eigenvalue weighted by Gasteiger charge is -2.37. The number of hydrogen-bond acceptors (Lipinski definition) is 5. The molecule has 1 aromatic carbocycles. The topological polar surface area (TPSA) is 76.8 Å². The first-order valence-electron chi connectivity index (χ1n) is 12.8. The number of nitrogens with zero attached hydrogens (tertiary/aromatic N) is 3. The first kappa shape index (κ1) is 27.0. The number of hydrogen-bond donors (Lipinski definition) is 1. The van der Waals surface area contributed by atoms with Gasteiger partial charge in [0.05, 0.1) is 19.5 Å². The zero-order chi connectivity index (χ0) is 25.4. The van der Waals surface area contributed by atoms with E-state index in [0.717, 1.165) is 52.1 Å². The van der Waals surface area contributed by atoms with Crippen molar-refractivity contribution in [2.24, 2.45) is 11.3 Å². The molecule has 0 aromatic heterocycles. The van der Waals surface area contributed by atoms with Crippen molar-refractivity contribution in [3.05, 3.63) is 58.9 Å². The number of benzene rings is 1. The van der Waals surface area contributed by atoms with Gasteiger partial charge in [-0.1, -0.05) is 56.7 Å². The van der Waals surface area contributed by atoms with Crippen molar-refractivity contribution in [2.45, 2.75) is 52.9 Å². The molecule has 190 valence electrons. The Morgan fingerprint density at radius 2 is 1.97 bits per heavy atom. The molecular formula is C29H41N3O3. The van der Waals surface area contributed by atoms with Crippen molar-refractivity contribution in [1.29, 1.82) is 5.26 Å². The van der Waals surface area contributed by atoms with Gasteiger partial charge in [-0.2, -0.15) is 5.26 Å². The lowest BCUT2D eigenvalue weighted by molar-refractivity contribution is -0.128. The average molecular weight is 480 g/mol. The highest BCUT2D eigenvalue weighted by Gasteiger charge is 2.31. The van der Waals surface area contributed by atoms with Crippen molar-refractivity contribution in [1.82, 2.24) is 9.80 Å². The number of aliphatic hydroxyl groups excluding tert-OH is 1. The van der Waals surface area contributed by atoms with Crippen LogP contribution in [-0.2, 0) is 9.53 Å². The summed E-state index contributed by atoms with van der Waals surface area (Å²) in [5.41, 5.74) is 3.73. The van der Waals surface area contributed by atoms with Gasteiger partial charge < -0.3 is 14.7 Å². The van der Waals surface area contributed by atoms with Gasteiger partial charge in [-0.15, -0.1) is 0 Å². The maximum absolute atomic E-state index is 13.3. The minimum atomic E-state index is -0.255.